The van der Waals surface area contributed by atoms with E-state index in [1.54, 1.807) is 13.8 Å². The molecule has 13 heteroatoms. The van der Waals surface area contributed by atoms with Crippen molar-refractivity contribution in [2.24, 2.45) is 11.8 Å². The highest BCUT2D eigenvalue weighted by Crippen LogP contribution is 2.27. The smallest absolute Gasteiger partial charge is 0.328 e. The van der Waals surface area contributed by atoms with Gasteiger partial charge in [0, 0.05) is 13.1 Å². The van der Waals surface area contributed by atoms with Gasteiger partial charge in [0.05, 0.1) is 34.3 Å². The molecule has 1 aliphatic heterocycles. The van der Waals surface area contributed by atoms with Crippen LogP contribution < -0.4 is 11.1 Å². The summed E-state index contributed by atoms with van der Waals surface area (Å²) < 4.78 is 29.0. The SMILES string of the molecule is CC(C)CN(C[C@@H](O)[C@H](Cc1ccccc1)NC(=O)C(C(C)C)N1CC(=O)N(Cc2ccc(-c3ccccc3)cc2)C1=O)S(=O)(=O)c1ccc(Cl)c(N)c1. The zero-order valence-corrected chi connectivity index (χ0v) is 32.5. The Kier molecular flexibility index (Phi) is 13.2. The summed E-state index contributed by atoms with van der Waals surface area (Å²) >= 11 is 6.07. The molecular formula is C41H48ClN5O6S. The molecular weight excluding hydrogens is 726 g/mol. The van der Waals surface area contributed by atoms with Crippen molar-refractivity contribution < 1.29 is 27.9 Å². The molecule has 54 heavy (non-hydrogen) atoms. The molecule has 1 aliphatic rings. The van der Waals surface area contributed by atoms with E-state index in [4.69, 9.17) is 17.3 Å². The van der Waals surface area contributed by atoms with Crippen molar-refractivity contribution in [1.29, 1.82) is 0 Å². The van der Waals surface area contributed by atoms with Gasteiger partial charge in [0.2, 0.25) is 15.9 Å². The van der Waals surface area contributed by atoms with Gasteiger partial charge in [0.1, 0.15) is 12.6 Å². The zero-order chi connectivity index (χ0) is 39.2. The first-order chi connectivity index (χ1) is 25.6. The molecule has 0 aromatic heterocycles. The molecule has 4 aromatic carbocycles. The number of sulfonamides is 1. The maximum absolute atomic E-state index is 14.2. The number of anilines is 1. The van der Waals surface area contributed by atoms with Crippen LogP contribution >= 0.6 is 11.6 Å². The number of carbonyl (C=O) groups excluding carboxylic acids is 3. The number of carbonyl (C=O) groups is 3. The van der Waals surface area contributed by atoms with Crippen LogP contribution in [0.3, 0.4) is 0 Å². The average Bonchev–Trinajstić information content (AvgIpc) is 3.40. The van der Waals surface area contributed by atoms with Crippen molar-refractivity contribution in [1.82, 2.24) is 19.4 Å². The Labute approximate surface area is 322 Å². The standard InChI is InChI=1S/C41H48ClN5O6S/c1-27(2)23-45(54(52,53)33-19-20-34(42)35(43)22-33)25-37(48)36(21-29-11-7-5-8-12-29)44-40(50)39(28(3)4)47-26-38(49)46(41(47)51)24-30-15-17-32(18-16-30)31-13-9-6-10-14-31/h5-20,22,27-28,36-37,39,48H,21,23-26,43H2,1-4H3,(H,44,50)/t36-,37+,39?/m0/s1. The Hall–Kier alpha value is -4.75. The maximum atomic E-state index is 14.2. The molecule has 0 radical (unpaired) electrons. The lowest BCUT2D eigenvalue weighted by Gasteiger charge is -2.34. The van der Waals surface area contributed by atoms with Crippen molar-refractivity contribution in [3.8, 4) is 11.1 Å². The van der Waals surface area contributed by atoms with Gasteiger partial charge in [0.15, 0.2) is 0 Å². The molecule has 11 nitrogen and oxygen atoms in total. The fourth-order valence-electron chi connectivity index (χ4n) is 6.62. The molecule has 1 saturated heterocycles. The van der Waals surface area contributed by atoms with Crippen LogP contribution in [0.2, 0.25) is 5.02 Å². The summed E-state index contributed by atoms with van der Waals surface area (Å²) in [7, 11) is -4.14. The number of hydrogen-bond acceptors (Lipinski definition) is 7. The Bertz CT molecular complexity index is 2030. The lowest BCUT2D eigenvalue weighted by atomic mass is 9.97. The number of imide groups is 1. The lowest BCUT2D eigenvalue weighted by molar-refractivity contribution is -0.129. The summed E-state index contributed by atoms with van der Waals surface area (Å²) in [6, 6.07) is 28.1. The highest BCUT2D eigenvalue weighted by molar-refractivity contribution is 7.89. The summed E-state index contributed by atoms with van der Waals surface area (Å²) in [4.78, 5) is 43.7. The number of nitrogens with two attached hydrogens (primary N) is 1. The number of aliphatic hydroxyl groups excluding tert-OH is 1. The highest BCUT2D eigenvalue weighted by atomic mass is 35.5. The second kappa shape index (κ2) is 17.6. The number of hydrogen-bond donors (Lipinski definition) is 3. The predicted octanol–water partition coefficient (Wildman–Crippen LogP) is 5.81. The quantitative estimate of drug-likeness (QED) is 0.0960. The van der Waals surface area contributed by atoms with Crippen molar-refractivity contribution in [3.63, 3.8) is 0 Å². The molecule has 4 amide bonds. The molecule has 0 bridgehead atoms. The fraction of sp³-hybridized carbons (Fsp3) is 0.341. The minimum absolute atomic E-state index is 0.0461. The van der Waals surface area contributed by atoms with Crippen molar-refractivity contribution in [2.45, 2.75) is 63.7 Å². The molecule has 4 N–H and O–H groups in total. The van der Waals surface area contributed by atoms with Gasteiger partial charge in [0.25, 0.3) is 5.91 Å². The van der Waals surface area contributed by atoms with Crippen molar-refractivity contribution in [3.05, 3.63) is 119 Å². The first-order valence-corrected chi connectivity index (χ1v) is 19.8. The van der Waals surface area contributed by atoms with E-state index in [9.17, 15) is 27.9 Å². The van der Waals surface area contributed by atoms with Gasteiger partial charge in [-0.1, -0.05) is 124 Å². The van der Waals surface area contributed by atoms with Crippen LogP contribution in [-0.2, 0) is 32.6 Å². The van der Waals surface area contributed by atoms with Gasteiger partial charge in [-0.15, -0.1) is 0 Å². The van der Waals surface area contributed by atoms with Crippen LogP contribution in [0.1, 0.15) is 38.8 Å². The first-order valence-electron chi connectivity index (χ1n) is 18.0. The van der Waals surface area contributed by atoms with Crippen molar-refractivity contribution in [2.75, 3.05) is 25.4 Å². The third-order valence-electron chi connectivity index (χ3n) is 9.38. The molecule has 286 valence electrons. The minimum Gasteiger partial charge on any atom is -0.397 e. The number of benzene rings is 4. The van der Waals surface area contributed by atoms with E-state index in [0.29, 0.717) is 0 Å². The largest absolute Gasteiger partial charge is 0.397 e. The number of nitrogens with one attached hydrogen (secondary N) is 1. The maximum Gasteiger partial charge on any atom is 0.328 e. The van der Waals surface area contributed by atoms with Gasteiger partial charge in [-0.3, -0.25) is 14.5 Å². The number of rotatable bonds is 16. The minimum atomic E-state index is -4.14. The second-order valence-electron chi connectivity index (χ2n) is 14.4. The summed E-state index contributed by atoms with van der Waals surface area (Å²) in [6.45, 7) is 6.79. The number of urea groups is 1. The average molecular weight is 774 g/mol. The Morgan fingerprint density at radius 2 is 1.48 bits per heavy atom. The molecule has 1 unspecified atom stereocenters. The summed E-state index contributed by atoms with van der Waals surface area (Å²) in [5, 5.41) is 14.9. The molecule has 3 atom stereocenters. The van der Waals surface area contributed by atoms with E-state index >= 15 is 0 Å². The van der Waals surface area contributed by atoms with Crippen LogP contribution in [-0.4, -0.2) is 83.3 Å². The molecule has 0 spiro atoms. The number of amides is 4. The van der Waals surface area contributed by atoms with Gasteiger partial charge >= 0.3 is 6.03 Å². The van der Waals surface area contributed by atoms with Crippen LogP contribution in [0.5, 0.6) is 0 Å². The predicted molar refractivity (Wildman–Crippen MR) is 211 cm³/mol. The normalized spacial score (nSPS) is 15.3. The van der Waals surface area contributed by atoms with Gasteiger partial charge in [-0.05, 0) is 58.7 Å². The van der Waals surface area contributed by atoms with E-state index in [2.05, 4.69) is 5.32 Å². The van der Waals surface area contributed by atoms with Gasteiger partial charge < -0.3 is 21.1 Å². The van der Waals surface area contributed by atoms with E-state index in [-0.39, 0.29) is 54.1 Å². The van der Waals surface area contributed by atoms with Crippen LogP contribution in [0.25, 0.3) is 11.1 Å². The first kappa shape index (κ1) is 40.4. The number of nitrogen functional groups attached to an aromatic ring is 1. The summed E-state index contributed by atoms with van der Waals surface area (Å²) in [5.74, 6) is -1.50. The van der Waals surface area contributed by atoms with Crippen LogP contribution in [0, 0.1) is 11.8 Å². The molecule has 0 aliphatic carbocycles. The van der Waals surface area contributed by atoms with E-state index in [1.165, 1.54) is 27.4 Å². The van der Waals surface area contributed by atoms with E-state index < -0.39 is 52.0 Å². The number of halogens is 1. The number of nitrogens with zero attached hydrogens (tertiary/aromatic N) is 3. The van der Waals surface area contributed by atoms with Crippen LogP contribution in [0.4, 0.5) is 10.5 Å². The molecule has 1 heterocycles. The van der Waals surface area contributed by atoms with Crippen LogP contribution in [0.15, 0.2) is 108 Å². The lowest BCUT2D eigenvalue weighted by Crippen LogP contribution is -2.57. The Morgan fingerprint density at radius 3 is 2.07 bits per heavy atom. The third kappa shape index (κ3) is 9.67. The second-order valence-corrected chi connectivity index (χ2v) is 16.8. The molecule has 1 fully saturated rings. The Balaban J connectivity index is 1.36. The number of aliphatic hydroxyl groups is 1. The highest BCUT2D eigenvalue weighted by Gasteiger charge is 2.44. The summed E-state index contributed by atoms with van der Waals surface area (Å²) in [6.07, 6.45) is -1.20. The van der Waals surface area contributed by atoms with Crippen molar-refractivity contribution >= 4 is 45.2 Å². The van der Waals surface area contributed by atoms with E-state index in [0.717, 1.165) is 27.2 Å². The molecule has 4 aromatic rings. The van der Waals surface area contributed by atoms with Gasteiger partial charge in [-0.2, -0.15) is 4.31 Å². The summed E-state index contributed by atoms with van der Waals surface area (Å²) in [5.41, 5.74) is 9.65. The zero-order valence-electron chi connectivity index (χ0n) is 30.9. The molecule has 5 rings (SSSR count). The van der Waals surface area contributed by atoms with Gasteiger partial charge in [-0.25, -0.2) is 13.2 Å². The Morgan fingerprint density at radius 1 is 0.870 bits per heavy atom. The third-order valence-corrected chi connectivity index (χ3v) is 11.5. The topological polar surface area (TPSA) is 153 Å². The fourth-order valence-corrected chi connectivity index (χ4v) is 8.39. The monoisotopic (exact) mass is 773 g/mol. The van der Waals surface area contributed by atoms with E-state index in [1.807, 2.05) is 98.8 Å². The molecule has 0 saturated carbocycles.